The molecular weight excluding hydrogens is 116 g/mol. The number of aliphatic carboxylic acids is 1. The Balaban J connectivity index is 3.70. The fourth-order valence-electron chi connectivity index (χ4n) is 0.407. The van der Waals surface area contributed by atoms with Crippen LogP contribution >= 0.6 is 0 Å². The van der Waals surface area contributed by atoms with Crippen molar-refractivity contribution in [1.82, 2.24) is 0 Å². The summed E-state index contributed by atoms with van der Waals surface area (Å²) in [5.74, 6) is -4.73. The molecule has 1 aliphatic rings. The van der Waals surface area contributed by atoms with Gasteiger partial charge in [0, 0.05) is 13.7 Å². The maximum absolute atomic E-state index is 11.0. The smallest absolute Gasteiger partial charge is 0.306 e. The second-order valence-corrected chi connectivity index (χ2v) is 1.43. The number of carbonyl (C=O) groups is 1. The van der Waals surface area contributed by atoms with Gasteiger partial charge in [-0.2, -0.15) is 0 Å². The topological polar surface area (TPSA) is 37.3 Å². The molecule has 0 atom stereocenters. The van der Waals surface area contributed by atoms with Gasteiger partial charge in [-0.05, 0) is 12.7 Å². The normalized spacial score (nSPS) is 66.2. The molecule has 0 aromatic heterocycles. The van der Waals surface area contributed by atoms with Gasteiger partial charge >= 0.3 is 5.97 Å². The largest absolute Gasteiger partial charge is 0.481 e. The molecular formula is C7H12O2. The molecule has 0 aromatic rings. The van der Waals surface area contributed by atoms with Crippen LogP contribution in [0.1, 0.15) is 45.6 Å². The van der Waals surface area contributed by atoms with Crippen molar-refractivity contribution < 1.29 is 23.6 Å². The summed E-state index contributed by atoms with van der Waals surface area (Å²) in [4.78, 5) is 11.0. The van der Waals surface area contributed by atoms with Crippen LogP contribution in [0.4, 0.5) is 0 Å². The fourth-order valence-corrected chi connectivity index (χ4v) is 0.407. The van der Waals surface area contributed by atoms with Crippen molar-refractivity contribution in [2.24, 2.45) is 5.92 Å². The Morgan fingerprint density at radius 3 is 2.44 bits per heavy atom. The third kappa shape index (κ3) is 1.70. The summed E-state index contributed by atoms with van der Waals surface area (Å²) in [6.45, 7) is 0. The molecule has 9 heavy (non-hydrogen) atoms. The van der Waals surface area contributed by atoms with Gasteiger partial charge in [0.2, 0.25) is 0 Å². The quantitative estimate of drug-likeness (QED) is 0.598. The molecule has 0 aliphatic heterocycles. The summed E-state index contributed by atoms with van der Waals surface area (Å²) in [7, 11) is 0. The molecule has 0 radical (unpaired) electrons. The first-order valence-electron chi connectivity index (χ1n) is 7.29. The molecule has 2 nitrogen and oxygen atoms in total. The van der Waals surface area contributed by atoms with E-state index in [1.807, 2.05) is 0 Å². The van der Waals surface area contributed by atoms with Crippen molar-refractivity contribution in [3.63, 3.8) is 0 Å². The number of carboxylic acid groups (broad SMARTS) is 1. The van der Waals surface area contributed by atoms with Crippen molar-refractivity contribution in [1.29, 1.82) is 0 Å². The van der Waals surface area contributed by atoms with Crippen LogP contribution in [0.25, 0.3) is 0 Å². The highest BCUT2D eigenvalue weighted by atomic mass is 16.4. The van der Waals surface area contributed by atoms with E-state index < -0.39 is 43.8 Å². The van der Waals surface area contributed by atoms with E-state index in [4.69, 9.17) is 18.8 Å². The van der Waals surface area contributed by atoms with E-state index in [1.165, 1.54) is 0 Å². The van der Waals surface area contributed by atoms with Gasteiger partial charge in [-0.1, -0.05) is 19.1 Å². The lowest BCUT2D eigenvalue weighted by atomic mass is 9.90. The number of rotatable bonds is 1. The molecule has 2 heteroatoms. The molecule has 0 aromatic carbocycles. The second kappa shape index (κ2) is 2.85. The Kier molecular flexibility index (Phi) is 0.439. The summed E-state index contributed by atoms with van der Waals surface area (Å²) in [6, 6.07) is 0. The Labute approximate surface area is 68.9 Å². The average Bonchev–Trinajstić information content (AvgIpc) is 2.12. The molecule has 1 fully saturated rings. The SMILES string of the molecule is [2H]C1([2H])C(C(=O)O)C([2H])([2H])C([2H])([2H])C([2H])([2H])C1([2H])[2H]. The monoisotopic (exact) mass is 138 g/mol. The Morgan fingerprint density at radius 1 is 1.44 bits per heavy atom. The maximum Gasteiger partial charge on any atom is 0.306 e. The zero-order valence-corrected chi connectivity index (χ0v) is 4.43. The van der Waals surface area contributed by atoms with E-state index in [0.717, 1.165) is 0 Å². The summed E-state index contributed by atoms with van der Waals surface area (Å²) >= 11 is 0. The first kappa shape index (κ1) is 1.39. The lowest BCUT2D eigenvalue weighted by Gasteiger charge is -2.16. The van der Waals surface area contributed by atoms with Crippen LogP contribution in [0.2, 0.25) is 0 Å². The lowest BCUT2D eigenvalue weighted by molar-refractivity contribution is -0.142. The van der Waals surface area contributed by atoms with E-state index in [1.54, 1.807) is 0 Å². The minimum Gasteiger partial charge on any atom is -0.481 e. The molecule has 0 bridgehead atoms. The summed E-state index contributed by atoms with van der Waals surface area (Å²) in [5.41, 5.74) is 0. The molecule has 0 unspecified atom stereocenters. The van der Waals surface area contributed by atoms with Crippen LogP contribution in [0, 0.1) is 5.92 Å². The van der Waals surface area contributed by atoms with Crippen molar-refractivity contribution in [2.45, 2.75) is 31.9 Å². The molecule has 52 valence electrons. The van der Waals surface area contributed by atoms with Crippen LogP contribution in [-0.2, 0) is 4.79 Å². The maximum atomic E-state index is 11.0. The predicted molar refractivity (Wildman–Crippen MR) is 34.2 cm³/mol. The molecule has 1 N–H and O–H groups in total. The molecule has 0 saturated heterocycles. The lowest BCUT2D eigenvalue weighted by Crippen LogP contribution is -2.16. The summed E-state index contributed by atoms with van der Waals surface area (Å²) < 4.78 is 74.4. The van der Waals surface area contributed by atoms with E-state index in [9.17, 15) is 4.79 Å². The number of hydrogen-bond acceptors (Lipinski definition) is 1. The standard InChI is InChI=1S/C7H12O2/c8-7(9)6-4-2-1-3-5-6/h6H,1-5H2,(H,8,9)/i1D2,2D2,3D2,4D2,5D2. The summed E-state index contributed by atoms with van der Waals surface area (Å²) in [5, 5.41) is 8.91. The predicted octanol–water partition coefficient (Wildman–Crippen LogP) is 1.65. The van der Waals surface area contributed by atoms with Gasteiger partial charge < -0.3 is 5.11 Å². The number of carboxylic acids is 1. The highest BCUT2D eigenvalue weighted by Crippen LogP contribution is 2.23. The van der Waals surface area contributed by atoms with Crippen LogP contribution in [-0.4, -0.2) is 11.1 Å². The summed E-state index contributed by atoms with van der Waals surface area (Å²) in [6.07, 6.45) is -17.4. The average molecular weight is 138 g/mol. The number of hydrogen-bond donors (Lipinski definition) is 1. The van der Waals surface area contributed by atoms with E-state index in [-0.39, 0.29) is 0 Å². The van der Waals surface area contributed by atoms with Crippen LogP contribution in [0.5, 0.6) is 0 Å². The Bertz CT molecular complexity index is 384. The minimum atomic E-state index is -3.54. The van der Waals surface area contributed by atoms with E-state index in [2.05, 4.69) is 0 Å². The van der Waals surface area contributed by atoms with Gasteiger partial charge in [0.25, 0.3) is 0 Å². The Morgan fingerprint density at radius 2 is 2.00 bits per heavy atom. The first-order chi connectivity index (χ1) is 8.07. The molecule has 0 amide bonds. The van der Waals surface area contributed by atoms with Crippen LogP contribution < -0.4 is 0 Å². The van der Waals surface area contributed by atoms with Crippen LogP contribution in [0.15, 0.2) is 0 Å². The third-order valence-corrected chi connectivity index (χ3v) is 0.805. The molecule has 1 aliphatic carbocycles. The van der Waals surface area contributed by atoms with Crippen molar-refractivity contribution in [3.8, 4) is 0 Å². The fraction of sp³-hybridized carbons (Fsp3) is 0.857. The highest BCUT2D eigenvalue weighted by molar-refractivity contribution is 5.69. The third-order valence-electron chi connectivity index (χ3n) is 0.805. The van der Waals surface area contributed by atoms with Crippen molar-refractivity contribution in [3.05, 3.63) is 0 Å². The van der Waals surface area contributed by atoms with Crippen molar-refractivity contribution in [2.75, 3.05) is 0 Å². The zero-order chi connectivity index (χ0) is 15.7. The van der Waals surface area contributed by atoms with Gasteiger partial charge in [-0.15, -0.1) is 0 Å². The molecule has 1 rings (SSSR count). The van der Waals surface area contributed by atoms with Gasteiger partial charge in [0.05, 0.1) is 5.92 Å². The van der Waals surface area contributed by atoms with Gasteiger partial charge in [0.1, 0.15) is 0 Å². The Hall–Kier alpha value is -0.530. The second-order valence-electron chi connectivity index (χ2n) is 1.43. The highest BCUT2D eigenvalue weighted by Gasteiger charge is 2.19. The van der Waals surface area contributed by atoms with Crippen LogP contribution in [0.3, 0.4) is 0 Å². The van der Waals surface area contributed by atoms with E-state index >= 15 is 0 Å². The molecule has 0 heterocycles. The first-order valence-corrected chi connectivity index (χ1v) is 2.29. The molecule has 0 spiro atoms. The van der Waals surface area contributed by atoms with Gasteiger partial charge in [-0.25, -0.2) is 0 Å². The van der Waals surface area contributed by atoms with Gasteiger partial charge in [-0.3, -0.25) is 4.79 Å². The van der Waals surface area contributed by atoms with Gasteiger partial charge in [0.15, 0.2) is 0 Å². The minimum absolute atomic E-state index is 2.06. The van der Waals surface area contributed by atoms with E-state index in [0.29, 0.717) is 0 Å². The van der Waals surface area contributed by atoms with Crippen molar-refractivity contribution >= 4 is 5.97 Å². The molecule has 1 saturated carbocycles. The zero-order valence-electron chi connectivity index (χ0n) is 14.4.